The van der Waals surface area contributed by atoms with Gasteiger partial charge < -0.3 is 10.4 Å². The van der Waals surface area contributed by atoms with Crippen LogP contribution in [0.2, 0.25) is 5.02 Å². The molecule has 1 aromatic heterocycles. The third kappa shape index (κ3) is 3.05. The molecule has 6 heteroatoms. The molecule has 1 aromatic carbocycles. The Morgan fingerprint density at radius 1 is 1.47 bits per heavy atom. The van der Waals surface area contributed by atoms with Crippen LogP contribution in [0, 0.1) is 11.3 Å². The van der Waals surface area contributed by atoms with Crippen LogP contribution in [0.3, 0.4) is 0 Å². The van der Waals surface area contributed by atoms with Gasteiger partial charge in [-0.2, -0.15) is 5.26 Å². The molecule has 0 aliphatic rings. The number of hydrogen-bond donors (Lipinski definition) is 2. The van der Waals surface area contributed by atoms with Crippen molar-refractivity contribution in [3.05, 3.63) is 50.7 Å². The largest absolute Gasteiger partial charge is 0.477 e. The maximum atomic E-state index is 11.0. The van der Waals surface area contributed by atoms with Crippen LogP contribution in [-0.4, -0.2) is 11.1 Å². The van der Waals surface area contributed by atoms with Gasteiger partial charge in [0.05, 0.1) is 11.3 Å². The summed E-state index contributed by atoms with van der Waals surface area (Å²) in [5, 5.41) is 23.3. The van der Waals surface area contributed by atoms with E-state index in [4.69, 9.17) is 22.0 Å². The predicted octanol–water partition coefficient (Wildman–Crippen LogP) is 3.58. The van der Waals surface area contributed by atoms with Gasteiger partial charge >= 0.3 is 5.97 Å². The average Bonchev–Trinajstić information content (AvgIpc) is 2.85. The van der Waals surface area contributed by atoms with Gasteiger partial charge in [-0.3, -0.25) is 0 Å². The van der Waals surface area contributed by atoms with Crippen molar-refractivity contribution >= 4 is 34.6 Å². The first-order chi connectivity index (χ1) is 9.11. The van der Waals surface area contributed by atoms with Crippen LogP contribution in [0.1, 0.15) is 20.8 Å². The smallest absolute Gasteiger partial charge is 0.346 e. The normalized spacial score (nSPS) is 9.89. The van der Waals surface area contributed by atoms with E-state index in [1.165, 1.54) is 11.3 Å². The van der Waals surface area contributed by atoms with Crippen LogP contribution >= 0.6 is 22.9 Å². The molecule has 0 unspecified atom stereocenters. The Morgan fingerprint density at radius 2 is 2.26 bits per heavy atom. The Kier molecular flexibility index (Phi) is 4.05. The molecule has 1 heterocycles. The number of benzene rings is 1. The third-order valence-electron chi connectivity index (χ3n) is 2.51. The maximum absolute atomic E-state index is 11.0. The minimum absolute atomic E-state index is 0.299. The highest BCUT2D eigenvalue weighted by atomic mass is 35.5. The molecule has 0 saturated carbocycles. The number of thiophene rings is 1. The zero-order valence-electron chi connectivity index (χ0n) is 9.68. The molecule has 2 N–H and O–H groups in total. The monoisotopic (exact) mass is 292 g/mol. The van der Waals surface area contributed by atoms with Crippen molar-refractivity contribution < 1.29 is 9.90 Å². The van der Waals surface area contributed by atoms with Gasteiger partial charge in [0.15, 0.2) is 0 Å². The Morgan fingerprint density at radius 3 is 2.95 bits per heavy atom. The molecule has 0 saturated heterocycles. The molecule has 0 bridgehead atoms. The Bertz CT molecular complexity index is 661. The van der Waals surface area contributed by atoms with Crippen LogP contribution in [0.25, 0.3) is 0 Å². The van der Waals surface area contributed by atoms with Crippen molar-refractivity contribution in [1.82, 2.24) is 0 Å². The van der Waals surface area contributed by atoms with E-state index in [1.54, 1.807) is 29.6 Å². The summed E-state index contributed by atoms with van der Waals surface area (Å²) in [4.78, 5) is 11.3. The highest BCUT2D eigenvalue weighted by Gasteiger charge is 2.11. The van der Waals surface area contributed by atoms with Crippen LogP contribution in [-0.2, 0) is 6.54 Å². The van der Waals surface area contributed by atoms with E-state index in [9.17, 15) is 4.79 Å². The molecule has 0 atom stereocenters. The molecule has 0 aliphatic heterocycles. The number of carboxylic acids is 1. The first-order valence-corrected chi connectivity index (χ1v) is 6.60. The van der Waals surface area contributed by atoms with Gasteiger partial charge in [-0.25, -0.2) is 4.79 Å². The lowest BCUT2D eigenvalue weighted by Gasteiger charge is -2.08. The van der Waals surface area contributed by atoms with Gasteiger partial charge in [-0.15, -0.1) is 11.3 Å². The van der Waals surface area contributed by atoms with E-state index < -0.39 is 5.97 Å². The van der Waals surface area contributed by atoms with Crippen LogP contribution in [0.15, 0.2) is 29.6 Å². The van der Waals surface area contributed by atoms with Crippen molar-refractivity contribution in [1.29, 1.82) is 5.26 Å². The lowest BCUT2D eigenvalue weighted by molar-refractivity contribution is 0.0701. The minimum atomic E-state index is -0.946. The van der Waals surface area contributed by atoms with Crippen molar-refractivity contribution in [2.45, 2.75) is 6.54 Å². The first-order valence-electron chi connectivity index (χ1n) is 5.35. The van der Waals surface area contributed by atoms with Crippen LogP contribution < -0.4 is 5.32 Å². The van der Waals surface area contributed by atoms with Crippen molar-refractivity contribution in [3.63, 3.8) is 0 Å². The number of aromatic carboxylic acids is 1. The number of hydrogen-bond acceptors (Lipinski definition) is 4. The van der Waals surface area contributed by atoms with E-state index in [0.29, 0.717) is 33.3 Å². The zero-order valence-corrected chi connectivity index (χ0v) is 11.3. The average molecular weight is 293 g/mol. The molecule has 0 amide bonds. The number of rotatable bonds is 4. The number of anilines is 1. The van der Waals surface area contributed by atoms with Gasteiger partial charge in [0.25, 0.3) is 0 Å². The molecule has 0 radical (unpaired) electrons. The number of carbonyl (C=O) groups is 1. The van der Waals surface area contributed by atoms with E-state index in [1.807, 2.05) is 0 Å². The van der Waals surface area contributed by atoms with Crippen molar-refractivity contribution in [3.8, 4) is 6.07 Å². The quantitative estimate of drug-likeness (QED) is 0.903. The Hall–Kier alpha value is -2.03. The predicted molar refractivity (Wildman–Crippen MR) is 74.8 cm³/mol. The molecular weight excluding hydrogens is 284 g/mol. The van der Waals surface area contributed by atoms with Gasteiger partial charge in [-0.1, -0.05) is 11.6 Å². The van der Waals surface area contributed by atoms with E-state index in [2.05, 4.69) is 11.4 Å². The second-order valence-electron chi connectivity index (χ2n) is 3.74. The lowest BCUT2D eigenvalue weighted by Crippen LogP contribution is -2.05. The third-order valence-corrected chi connectivity index (χ3v) is 3.69. The second-order valence-corrected chi connectivity index (χ2v) is 5.09. The van der Waals surface area contributed by atoms with E-state index in [-0.39, 0.29) is 0 Å². The molecule has 19 heavy (non-hydrogen) atoms. The SMILES string of the molecule is N#Cc1ccc(Cl)cc1NCc1ccsc1C(=O)O. The lowest BCUT2D eigenvalue weighted by atomic mass is 10.2. The summed E-state index contributed by atoms with van der Waals surface area (Å²) in [6.45, 7) is 0.333. The van der Waals surface area contributed by atoms with Crippen LogP contribution in [0.4, 0.5) is 5.69 Å². The molecule has 0 fully saturated rings. The fraction of sp³-hybridized carbons (Fsp3) is 0.0769. The summed E-state index contributed by atoms with van der Waals surface area (Å²) >= 11 is 7.05. The van der Waals surface area contributed by atoms with Gasteiger partial charge in [0.1, 0.15) is 10.9 Å². The molecule has 0 aliphatic carbocycles. The molecule has 4 nitrogen and oxygen atoms in total. The fourth-order valence-electron chi connectivity index (χ4n) is 1.61. The van der Waals surface area contributed by atoms with Crippen LogP contribution in [0.5, 0.6) is 0 Å². The standard InChI is InChI=1S/C13H9ClN2O2S/c14-10-2-1-8(6-15)11(5-10)16-7-9-3-4-19-12(9)13(17)18/h1-5,16H,7H2,(H,17,18). The van der Waals surface area contributed by atoms with E-state index in [0.717, 1.165) is 0 Å². The van der Waals surface area contributed by atoms with Crippen molar-refractivity contribution in [2.24, 2.45) is 0 Å². The van der Waals surface area contributed by atoms with Gasteiger partial charge in [0.2, 0.25) is 0 Å². The van der Waals surface area contributed by atoms with Gasteiger partial charge in [-0.05, 0) is 35.2 Å². The minimum Gasteiger partial charge on any atom is -0.477 e. The maximum Gasteiger partial charge on any atom is 0.346 e. The molecule has 0 spiro atoms. The highest BCUT2D eigenvalue weighted by molar-refractivity contribution is 7.12. The topological polar surface area (TPSA) is 73.1 Å². The number of nitrogens with one attached hydrogen (secondary N) is 1. The number of carboxylic acid groups (broad SMARTS) is 1. The summed E-state index contributed by atoms with van der Waals surface area (Å²) in [7, 11) is 0. The number of nitrogens with zero attached hydrogens (tertiary/aromatic N) is 1. The Balaban J connectivity index is 2.19. The molecular formula is C13H9ClN2O2S. The molecule has 2 aromatic rings. The number of halogens is 1. The summed E-state index contributed by atoms with van der Waals surface area (Å²) in [5.41, 5.74) is 1.75. The summed E-state index contributed by atoms with van der Waals surface area (Å²) in [6, 6.07) is 8.71. The zero-order chi connectivity index (χ0) is 13.8. The summed E-state index contributed by atoms with van der Waals surface area (Å²) < 4.78 is 0. The van der Waals surface area contributed by atoms with Gasteiger partial charge in [0, 0.05) is 11.6 Å². The summed E-state index contributed by atoms with van der Waals surface area (Å²) in [6.07, 6.45) is 0. The van der Waals surface area contributed by atoms with E-state index >= 15 is 0 Å². The first kappa shape index (κ1) is 13.4. The fourth-order valence-corrected chi connectivity index (χ4v) is 2.55. The summed E-state index contributed by atoms with van der Waals surface area (Å²) in [5.74, 6) is -0.946. The molecule has 2 rings (SSSR count). The molecule has 96 valence electrons. The Labute approximate surface area is 118 Å². The second kappa shape index (κ2) is 5.74. The number of nitriles is 1. The van der Waals surface area contributed by atoms with Crippen molar-refractivity contribution in [2.75, 3.05) is 5.32 Å². The highest BCUT2D eigenvalue weighted by Crippen LogP contribution is 2.23.